The molecule has 1 aromatic heterocycles. The highest BCUT2D eigenvalue weighted by atomic mass is 16.6. The number of ether oxygens (including phenoxy) is 1. The number of imidazole rings is 1. The van der Waals surface area contributed by atoms with E-state index in [0.29, 0.717) is 22.7 Å². The molecule has 0 fully saturated rings. The second-order valence-electron chi connectivity index (χ2n) is 5.14. The first-order valence-electron chi connectivity index (χ1n) is 7.28. The van der Waals surface area contributed by atoms with Crippen LogP contribution in [0.4, 0.5) is 17.3 Å². The van der Waals surface area contributed by atoms with E-state index in [1.807, 2.05) is 0 Å². The number of nitro groups is 1. The van der Waals surface area contributed by atoms with Crippen molar-refractivity contribution in [3.05, 3.63) is 70.5 Å². The number of nitrogens with zero attached hydrogens (tertiary/aromatic N) is 4. The van der Waals surface area contributed by atoms with Crippen LogP contribution in [0.25, 0.3) is 0 Å². The fourth-order valence-electron chi connectivity index (χ4n) is 2.21. The molecule has 3 rings (SSSR count). The van der Waals surface area contributed by atoms with Crippen molar-refractivity contribution < 1.29 is 9.66 Å². The van der Waals surface area contributed by atoms with Crippen molar-refractivity contribution in [1.29, 1.82) is 5.26 Å². The predicted octanol–water partition coefficient (Wildman–Crippen LogP) is 3.74. The number of aryl methyl sites for hydroxylation is 1. The summed E-state index contributed by atoms with van der Waals surface area (Å²) in [6, 6.07) is 15.9. The zero-order valence-corrected chi connectivity index (χ0v) is 13.2. The van der Waals surface area contributed by atoms with E-state index in [0.717, 1.165) is 0 Å². The summed E-state index contributed by atoms with van der Waals surface area (Å²) in [4.78, 5) is 14.2. The van der Waals surface area contributed by atoms with Gasteiger partial charge in [-0.2, -0.15) is 5.26 Å². The molecule has 0 atom stereocenters. The summed E-state index contributed by atoms with van der Waals surface area (Å²) >= 11 is 0. The molecular formula is C17H13N5O3. The lowest BCUT2D eigenvalue weighted by Gasteiger charge is -2.09. The van der Waals surface area contributed by atoms with Gasteiger partial charge in [0.1, 0.15) is 17.6 Å². The lowest BCUT2D eigenvalue weighted by Crippen LogP contribution is -2.00. The smallest absolute Gasteiger partial charge is 0.406 e. The van der Waals surface area contributed by atoms with Crippen LogP contribution in [0.5, 0.6) is 11.5 Å². The van der Waals surface area contributed by atoms with E-state index in [4.69, 9.17) is 10.00 Å². The molecule has 1 N–H and O–H groups in total. The fraction of sp³-hybridized carbons (Fsp3) is 0.0588. The SMILES string of the molecule is Cn1cnc([N+](=O)[O-])c1Nc1ccc(Oc2ccccc2C#N)cc1. The highest BCUT2D eigenvalue weighted by Gasteiger charge is 2.20. The second-order valence-corrected chi connectivity index (χ2v) is 5.14. The number of anilines is 2. The van der Waals surface area contributed by atoms with Gasteiger partial charge in [-0.1, -0.05) is 12.1 Å². The highest BCUT2D eigenvalue weighted by Crippen LogP contribution is 2.29. The van der Waals surface area contributed by atoms with E-state index in [2.05, 4.69) is 16.4 Å². The first kappa shape index (κ1) is 16.0. The van der Waals surface area contributed by atoms with Crippen LogP contribution in [0.1, 0.15) is 5.56 Å². The van der Waals surface area contributed by atoms with Gasteiger partial charge >= 0.3 is 5.82 Å². The summed E-state index contributed by atoms with van der Waals surface area (Å²) < 4.78 is 7.23. The Hall–Kier alpha value is -3.86. The molecule has 0 bridgehead atoms. The minimum atomic E-state index is -0.543. The fourth-order valence-corrected chi connectivity index (χ4v) is 2.21. The Bertz CT molecular complexity index is 957. The number of rotatable bonds is 5. The van der Waals surface area contributed by atoms with Crippen molar-refractivity contribution in [2.45, 2.75) is 0 Å². The maximum atomic E-state index is 11.0. The van der Waals surface area contributed by atoms with E-state index in [1.165, 1.54) is 10.9 Å². The summed E-state index contributed by atoms with van der Waals surface area (Å²) in [7, 11) is 1.67. The average Bonchev–Trinajstić information content (AvgIpc) is 2.98. The molecular weight excluding hydrogens is 322 g/mol. The molecule has 0 amide bonds. The van der Waals surface area contributed by atoms with Crippen molar-refractivity contribution in [1.82, 2.24) is 9.55 Å². The molecule has 3 aromatic rings. The van der Waals surface area contributed by atoms with Crippen LogP contribution in [0.15, 0.2) is 54.9 Å². The van der Waals surface area contributed by atoms with E-state index in [-0.39, 0.29) is 11.6 Å². The number of benzene rings is 2. The van der Waals surface area contributed by atoms with Gasteiger partial charge in [0.25, 0.3) is 0 Å². The largest absolute Gasteiger partial charge is 0.456 e. The standard InChI is InChI=1S/C17H13N5O3/c1-21-11-19-16(22(23)24)17(21)20-13-6-8-14(9-7-13)25-15-5-3-2-4-12(15)10-18/h2-9,11,20H,1H3. The van der Waals surface area contributed by atoms with Gasteiger partial charge in [-0.05, 0) is 46.3 Å². The quantitative estimate of drug-likeness (QED) is 0.562. The molecule has 0 aliphatic rings. The molecule has 25 heavy (non-hydrogen) atoms. The molecule has 0 aliphatic heterocycles. The molecule has 0 spiro atoms. The first-order valence-corrected chi connectivity index (χ1v) is 7.28. The first-order chi connectivity index (χ1) is 12.1. The lowest BCUT2D eigenvalue weighted by molar-refractivity contribution is -0.388. The van der Waals surface area contributed by atoms with Gasteiger partial charge in [0, 0.05) is 12.7 Å². The molecule has 0 radical (unpaired) electrons. The average molecular weight is 335 g/mol. The van der Waals surface area contributed by atoms with Crippen LogP contribution in [0, 0.1) is 21.4 Å². The Balaban J connectivity index is 1.78. The van der Waals surface area contributed by atoms with Gasteiger partial charge in [0.05, 0.1) is 5.56 Å². The van der Waals surface area contributed by atoms with Gasteiger partial charge < -0.3 is 20.2 Å². The topological polar surface area (TPSA) is 106 Å². The third-order valence-electron chi connectivity index (χ3n) is 3.44. The van der Waals surface area contributed by atoms with Gasteiger partial charge in [-0.3, -0.25) is 4.57 Å². The van der Waals surface area contributed by atoms with Crippen LogP contribution < -0.4 is 10.1 Å². The van der Waals surface area contributed by atoms with Gasteiger partial charge in [-0.15, -0.1) is 0 Å². The van der Waals surface area contributed by atoms with E-state index < -0.39 is 4.92 Å². The van der Waals surface area contributed by atoms with Crippen molar-refractivity contribution >= 4 is 17.3 Å². The Morgan fingerprint density at radius 3 is 2.64 bits per heavy atom. The van der Waals surface area contributed by atoms with Gasteiger partial charge in [0.15, 0.2) is 0 Å². The summed E-state index contributed by atoms with van der Waals surface area (Å²) in [6.07, 6.45) is 1.37. The number of nitriles is 1. The normalized spacial score (nSPS) is 10.1. The minimum absolute atomic E-state index is 0.245. The number of hydrogen-bond acceptors (Lipinski definition) is 6. The third-order valence-corrected chi connectivity index (χ3v) is 3.44. The molecule has 1 heterocycles. The Kier molecular flexibility index (Phi) is 4.30. The van der Waals surface area contributed by atoms with Crippen LogP contribution >= 0.6 is 0 Å². The Labute approximate surface area is 143 Å². The molecule has 8 nitrogen and oxygen atoms in total. The van der Waals surface area contributed by atoms with Crippen molar-refractivity contribution in [2.24, 2.45) is 7.05 Å². The second kappa shape index (κ2) is 6.72. The zero-order chi connectivity index (χ0) is 17.8. The summed E-state index contributed by atoms with van der Waals surface area (Å²) in [5.41, 5.74) is 1.09. The van der Waals surface area contributed by atoms with Crippen LogP contribution in [-0.2, 0) is 7.05 Å². The maximum absolute atomic E-state index is 11.0. The molecule has 0 aliphatic carbocycles. The molecule has 8 heteroatoms. The third kappa shape index (κ3) is 3.40. The Morgan fingerprint density at radius 2 is 1.96 bits per heavy atom. The van der Waals surface area contributed by atoms with E-state index >= 15 is 0 Å². The number of aromatic nitrogens is 2. The Morgan fingerprint density at radius 1 is 1.24 bits per heavy atom. The van der Waals surface area contributed by atoms with Crippen molar-refractivity contribution in [3.8, 4) is 17.6 Å². The zero-order valence-electron chi connectivity index (χ0n) is 13.2. The van der Waals surface area contributed by atoms with E-state index in [9.17, 15) is 10.1 Å². The van der Waals surface area contributed by atoms with Crippen LogP contribution in [-0.4, -0.2) is 14.5 Å². The summed E-state index contributed by atoms with van der Waals surface area (Å²) in [5, 5.41) is 23.0. The summed E-state index contributed by atoms with van der Waals surface area (Å²) in [5.74, 6) is 1.06. The highest BCUT2D eigenvalue weighted by molar-refractivity contribution is 5.64. The molecule has 2 aromatic carbocycles. The lowest BCUT2D eigenvalue weighted by atomic mass is 10.2. The predicted molar refractivity (Wildman–Crippen MR) is 90.8 cm³/mol. The van der Waals surface area contributed by atoms with Gasteiger partial charge in [-0.25, -0.2) is 0 Å². The van der Waals surface area contributed by atoms with Crippen LogP contribution in [0.3, 0.4) is 0 Å². The molecule has 0 unspecified atom stereocenters. The molecule has 0 saturated heterocycles. The monoisotopic (exact) mass is 335 g/mol. The number of para-hydroxylation sites is 1. The molecule has 0 saturated carbocycles. The number of nitrogens with one attached hydrogen (secondary N) is 1. The van der Waals surface area contributed by atoms with Crippen molar-refractivity contribution in [2.75, 3.05) is 5.32 Å². The number of hydrogen-bond donors (Lipinski definition) is 1. The van der Waals surface area contributed by atoms with Crippen LogP contribution in [0.2, 0.25) is 0 Å². The molecule has 124 valence electrons. The van der Waals surface area contributed by atoms with Gasteiger partial charge in [0.2, 0.25) is 12.1 Å². The van der Waals surface area contributed by atoms with Crippen molar-refractivity contribution in [3.63, 3.8) is 0 Å². The maximum Gasteiger partial charge on any atom is 0.406 e. The minimum Gasteiger partial charge on any atom is -0.456 e. The summed E-state index contributed by atoms with van der Waals surface area (Å²) in [6.45, 7) is 0. The van der Waals surface area contributed by atoms with E-state index in [1.54, 1.807) is 55.6 Å².